The van der Waals surface area contributed by atoms with E-state index in [1.165, 1.54) is 0 Å². The van der Waals surface area contributed by atoms with E-state index >= 15 is 0 Å². The van der Waals surface area contributed by atoms with Gasteiger partial charge in [0.05, 0.1) is 5.56 Å². The molecule has 0 aliphatic carbocycles. The van der Waals surface area contributed by atoms with Gasteiger partial charge in [-0.15, -0.1) is 0 Å². The van der Waals surface area contributed by atoms with Crippen LogP contribution >= 0.6 is 38.5 Å². The maximum atomic E-state index is 9.88. The number of rotatable bonds is 3. The second kappa shape index (κ2) is 6.15. The molecule has 106 valence electrons. The van der Waals surface area contributed by atoms with Gasteiger partial charge in [0, 0.05) is 14.5 Å². The molecule has 3 rings (SSSR count). The molecule has 0 spiro atoms. The molecular weight excluding hydrogens is 447 g/mol. The van der Waals surface area contributed by atoms with Crippen molar-refractivity contribution in [1.82, 2.24) is 10.1 Å². The average molecular weight is 457 g/mol. The van der Waals surface area contributed by atoms with Crippen molar-refractivity contribution in [2.75, 3.05) is 0 Å². The van der Waals surface area contributed by atoms with Crippen LogP contribution in [0.2, 0.25) is 0 Å². The zero-order valence-electron chi connectivity index (χ0n) is 10.8. The van der Waals surface area contributed by atoms with Crippen LogP contribution in [0.4, 0.5) is 0 Å². The van der Waals surface area contributed by atoms with Gasteiger partial charge in [-0.2, -0.15) is 4.98 Å². The standard InChI is InChI=1S/C15H10BrIN2O2/c16-10-3-1-9(2-4-10)7-14-18-15(21-19-14)12-8-11(17)5-6-13(12)20/h1-6,8,20H,7H2. The molecule has 0 bridgehead atoms. The molecule has 0 saturated carbocycles. The molecule has 0 aliphatic rings. The maximum Gasteiger partial charge on any atom is 0.261 e. The molecule has 0 radical (unpaired) electrons. The predicted molar refractivity (Wildman–Crippen MR) is 91.1 cm³/mol. The monoisotopic (exact) mass is 456 g/mol. The highest BCUT2D eigenvalue weighted by atomic mass is 127. The van der Waals surface area contributed by atoms with Gasteiger partial charge in [0.2, 0.25) is 0 Å². The van der Waals surface area contributed by atoms with Gasteiger partial charge in [0.1, 0.15) is 5.75 Å². The molecule has 0 saturated heterocycles. The largest absolute Gasteiger partial charge is 0.507 e. The topological polar surface area (TPSA) is 59.2 Å². The van der Waals surface area contributed by atoms with E-state index in [1.54, 1.807) is 6.07 Å². The minimum atomic E-state index is 0.134. The lowest BCUT2D eigenvalue weighted by Gasteiger charge is -1.99. The summed E-state index contributed by atoms with van der Waals surface area (Å²) in [6, 6.07) is 13.2. The molecule has 1 heterocycles. The molecule has 1 aromatic heterocycles. The number of hydrogen-bond acceptors (Lipinski definition) is 4. The molecular formula is C15H10BrIN2O2. The van der Waals surface area contributed by atoms with Crippen molar-refractivity contribution in [2.24, 2.45) is 0 Å². The first-order valence-corrected chi connectivity index (χ1v) is 8.05. The SMILES string of the molecule is Oc1ccc(I)cc1-c1nc(Cc2ccc(Br)cc2)no1. The molecule has 6 heteroatoms. The summed E-state index contributed by atoms with van der Waals surface area (Å²) in [7, 11) is 0. The molecule has 21 heavy (non-hydrogen) atoms. The lowest BCUT2D eigenvalue weighted by atomic mass is 10.1. The Labute approximate surface area is 143 Å². The number of nitrogens with zero attached hydrogens (tertiary/aromatic N) is 2. The number of aromatic nitrogens is 2. The van der Waals surface area contributed by atoms with Crippen LogP contribution in [-0.2, 0) is 6.42 Å². The second-order valence-corrected chi connectivity index (χ2v) is 6.64. The lowest BCUT2D eigenvalue weighted by molar-refractivity contribution is 0.418. The Balaban J connectivity index is 1.86. The van der Waals surface area contributed by atoms with Gasteiger partial charge in [-0.3, -0.25) is 0 Å². The Bertz CT molecular complexity index is 772. The molecule has 3 aromatic rings. The number of phenolic OH excluding ortho intramolecular Hbond substituents is 1. The number of hydrogen-bond donors (Lipinski definition) is 1. The quantitative estimate of drug-likeness (QED) is 0.593. The molecule has 0 aliphatic heterocycles. The number of phenols is 1. The van der Waals surface area contributed by atoms with Crippen molar-refractivity contribution < 1.29 is 9.63 Å². The minimum absolute atomic E-state index is 0.134. The smallest absolute Gasteiger partial charge is 0.261 e. The van der Waals surface area contributed by atoms with E-state index in [0.717, 1.165) is 13.6 Å². The van der Waals surface area contributed by atoms with Crippen molar-refractivity contribution >= 4 is 38.5 Å². The fraction of sp³-hybridized carbons (Fsp3) is 0.0667. The van der Waals surface area contributed by atoms with Crippen LogP contribution in [-0.4, -0.2) is 15.2 Å². The Hall–Kier alpha value is -1.41. The van der Waals surface area contributed by atoms with Gasteiger partial charge >= 0.3 is 0 Å². The van der Waals surface area contributed by atoms with Gasteiger partial charge in [-0.05, 0) is 58.5 Å². The number of benzene rings is 2. The molecule has 0 fully saturated rings. The van der Waals surface area contributed by atoms with Crippen LogP contribution in [0, 0.1) is 3.57 Å². The van der Waals surface area contributed by atoms with E-state index in [2.05, 4.69) is 48.7 Å². The van der Waals surface area contributed by atoms with Crippen LogP contribution in [0.5, 0.6) is 5.75 Å². The van der Waals surface area contributed by atoms with E-state index in [9.17, 15) is 5.11 Å². The molecule has 2 aromatic carbocycles. The van der Waals surface area contributed by atoms with Crippen LogP contribution in [0.1, 0.15) is 11.4 Å². The highest BCUT2D eigenvalue weighted by Crippen LogP contribution is 2.29. The summed E-state index contributed by atoms with van der Waals surface area (Å²) in [6.07, 6.45) is 0.585. The molecule has 1 N–H and O–H groups in total. The van der Waals surface area contributed by atoms with Gasteiger partial charge in [-0.1, -0.05) is 33.2 Å². The summed E-state index contributed by atoms with van der Waals surface area (Å²) in [5, 5.41) is 13.9. The van der Waals surface area contributed by atoms with E-state index in [1.807, 2.05) is 36.4 Å². The number of aromatic hydroxyl groups is 1. The second-order valence-electron chi connectivity index (χ2n) is 4.48. The van der Waals surface area contributed by atoms with Gasteiger partial charge < -0.3 is 9.63 Å². The van der Waals surface area contributed by atoms with Crippen LogP contribution in [0.25, 0.3) is 11.5 Å². The third kappa shape index (κ3) is 3.44. The van der Waals surface area contributed by atoms with Gasteiger partial charge in [-0.25, -0.2) is 0 Å². The van der Waals surface area contributed by atoms with E-state index in [4.69, 9.17) is 4.52 Å². The fourth-order valence-corrected chi connectivity index (χ4v) is 2.66. The van der Waals surface area contributed by atoms with Crippen molar-refractivity contribution in [3.63, 3.8) is 0 Å². The van der Waals surface area contributed by atoms with Gasteiger partial charge in [0.15, 0.2) is 5.82 Å². The maximum absolute atomic E-state index is 9.88. The Morgan fingerprint density at radius 3 is 2.67 bits per heavy atom. The third-order valence-electron chi connectivity index (χ3n) is 2.93. The van der Waals surface area contributed by atoms with Crippen LogP contribution in [0.3, 0.4) is 0 Å². The molecule has 0 atom stereocenters. The normalized spacial score (nSPS) is 10.8. The Morgan fingerprint density at radius 1 is 1.14 bits per heavy atom. The summed E-state index contributed by atoms with van der Waals surface area (Å²) in [5.41, 5.74) is 1.65. The summed E-state index contributed by atoms with van der Waals surface area (Å²) in [6.45, 7) is 0. The van der Waals surface area contributed by atoms with Crippen molar-refractivity contribution in [3.05, 3.63) is 61.9 Å². The fourth-order valence-electron chi connectivity index (χ4n) is 1.90. The number of halogens is 2. The first-order valence-electron chi connectivity index (χ1n) is 6.18. The van der Waals surface area contributed by atoms with Crippen molar-refractivity contribution in [2.45, 2.75) is 6.42 Å². The summed E-state index contributed by atoms with van der Waals surface area (Å²) >= 11 is 5.57. The molecule has 0 unspecified atom stereocenters. The summed E-state index contributed by atoms with van der Waals surface area (Å²) < 4.78 is 7.27. The van der Waals surface area contributed by atoms with E-state index < -0.39 is 0 Å². The van der Waals surface area contributed by atoms with Crippen LogP contribution in [0.15, 0.2) is 51.5 Å². The van der Waals surface area contributed by atoms with Crippen molar-refractivity contribution in [3.8, 4) is 17.2 Å². The molecule has 0 amide bonds. The van der Waals surface area contributed by atoms with E-state index in [-0.39, 0.29) is 5.75 Å². The highest BCUT2D eigenvalue weighted by Gasteiger charge is 2.13. The van der Waals surface area contributed by atoms with Gasteiger partial charge in [0.25, 0.3) is 5.89 Å². The molecule has 4 nitrogen and oxygen atoms in total. The minimum Gasteiger partial charge on any atom is -0.507 e. The first kappa shape index (κ1) is 14.5. The highest BCUT2D eigenvalue weighted by molar-refractivity contribution is 14.1. The zero-order chi connectivity index (χ0) is 14.8. The Morgan fingerprint density at radius 2 is 1.90 bits per heavy atom. The summed E-state index contributed by atoms with van der Waals surface area (Å²) in [5.74, 6) is 1.05. The third-order valence-corrected chi connectivity index (χ3v) is 4.13. The van der Waals surface area contributed by atoms with E-state index in [0.29, 0.717) is 23.7 Å². The lowest BCUT2D eigenvalue weighted by Crippen LogP contribution is -1.90. The predicted octanol–water partition coefficient (Wildman–Crippen LogP) is 4.40. The average Bonchev–Trinajstić information content (AvgIpc) is 2.92. The first-order chi connectivity index (χ1) is 10.1. The van der Waals surface area contributed by atoms with Crippen molar-refractivity contribution in [1.29, 1.82) is 0 Å². The zero-order valence-corrected chi connectivity index (χ0v) is 14.5. The summed E-state index contributed by atoms with van der Waals surface area (Å²) in [4.78, 5) is 4.35. The Kier molecular flexibility index (Phi) is 4.25. The van der Waals surface area contributed by atoms with Crippen LogP contribution < -0.4 is 0 Å².